The van der Waals surface area contributed by atoms with Gasteiger partial charge in [-0.3, -0.25) is 0 Å². The Morgan fingerprint density at radius 1 is 0.676 bits per heavy atom. The zero-order valence-corrected chi connectivity index (χ0v) is 19.8. The van der Waals surface area contributed by atoms with Gasteiger partial charge in [0.2, 0.25) is 23.4 Å². The van der Waals surface area contributed by atoms with E-state index in [9.17, 15) is 0 Å². The maximum Gasteiger partial charge on any atom is 0.221 e. The molecule has 0 unspecified atom stereocenters. The summed E-state index contributed by atoms with van der Waals surface area (Å²) in [5.41, 5.74) is 2.14. The molecule has 0 radical (unpaired) electrons. The lowest BCUT2D eigenvalue weighted by Crippen LogP contribution is -2.68. The van der Waals surface area contributed by atoms with Crippen molar-refractivity contribution in [2.45, 2.75) is 49.7 Å². The molecule has 1 saturated heterocycles. The maximum atomic E-state index is 6.47. The standard InChI is InChI=1S/C26H30N2O6/c1-25(29-3)26(2,30-4)34-22(24-28-20(16-32-24)18-13-9-6-10-14-18)21(33-25)23-27-19(15-31-23)17-11-7-5-8-12-17/h5-14,19-22H,15-16H2,1-4H3/t19-,20-,21-,22-,25-,26-/m1/s1. The molecular weight excluding hydrogens is 436 g/mol. The number of aliphatic imine (C=N–C) groups is 2. The first-order valence-corrected chi connectivity index (χ1v) is 11.4. The molecule has 0 aromatic heterocycles. The van der Waals surface area contributed by atoms with E-state index in [1.165, 1.54) is 0 Å². The molecule has 6 atom stereocenters. The van der Waals surface area contributed by atoms with Gasteiger partial charge in [-0.25, -0.2) is 9.98 Å². The number of nitrogens with zero attached hydrogens (tertiary/aromatic N) is 2. The number of benzene rings is 2. The van der Waals surface area contributed by atoms with E-state index in [4.69, 9.17) is 38.4 Å². The second-order valence-corrected chi connectivity index (χ2v) is 8.79. The SMILES string of the molecule is CO[C@]1(C)O[C@@H](C2=N[C@@H](c3ccccc3)CO2)[C@H](C2=N[C@@H](c3ccccc3)CO2)O[C@@]1(C)OC. The molecule has 2 aromatic carbocycles. The fourth-order valence-corrected chi connectivity index (χ4v) is 4.44. The van der Waals surface area contributed by atoms with E-state index in [0.29, 0.717) is 25.0 Å². The zero-order chi connectivity index (χ0) is 23.8. The van der Waals surface area contributed by atoms with Crippen LogP contribution in [-0.2, 0) is 28.4 Å². The summed E-state index contributed by atoms with van der Waals surface area (Å²) < 4.78 is 36.5. The van der Waals surface area contributed by atoms with Gasteiger partial charge in [0.15, 0.2) is 12.2 Å². The van der Waals surface area contributed by atoms with Gasteiger partial charge in [0.1, 0.15) is 25.3 Å². The number of ether oxygens (including phenoxy) is 6. The van der Waals surface area contributed by atoms with Crippen molar-refractivity contribution in [1.82, 2.24) is 0 Å². The van der Waals surface area contributed by atoms with Gasteiger partial charge < -0.3 is 28.4 Å². The van der Waals surface area contributed by atoms with Gasteiger partial charge in [-0.2, -0.15) is 0 Å². The Balaban J connectivity index is 1.49. The summed E-state index contributed by atoms with van der Waals surface area (Å²) in [6.45, 7) is 4.37. The summed E-state index contributed by atoms with van der Waals surface area (Å²) in [6.07, 6.45) is -1.45. The molecule has 5 rings (SSSR count). The molecule has 34 heavy (non-hydrogen) atoms. The van der Waals surface area contributed by atoms with Crippen LogP contribution in [0.25, 0.3) is 0 Å². The third kappa shape index (κ3) is 4.01. The molecule has 0 saturated carbocycles. The van der Waals surface area contributed by atoms with Gasteiger partial charge >= 0.3 is 0 Å². The van der Waals surface area contributed by atoms with Crippen LogP contribution >= 0.6 is 0 Å². The minimum atomic E-state index is -1.22. The van der Waals surface area contributed by atoms with E-state index >= 15 is 0 Å². The Labute approximate surface area is 199 Å². The fraction of sp³-hybridized carbons (Fsp3) is 0.462. The van der Waals surface area contributed by atoms with Crippen molar-refractivity contribution in [3.05, 3.63) is 71.8 Å². The van der Waals surface area contributed by atoms with Gasteiger partial charge in [0, 0.05) is 14.2 Å². The van der Waals surface area contributed by atoms with E-state index in [-0.39, 0.29) is 12.1 Å². The molecule has 1 fully saturated rings. The van der Waals surface area contributed by atoms with Gasteiger partial charge in [0.05, 0.1) is 0 Å². The third-order valence-corrected chi connectivity index (χ3v) is 6.78. The average molecular weight is 467 g/mol. The molecule has 2 aromatic rings. The lowest BCUT2D eigenvalue weighted by atomic mass is 10.0. The molecule has 8 heteroatoms. The minimum absolute atomic E-state index is 0.131. The highest BCUT2D eigenvalue weighted by Crippen LogP contribution is 2.42. The summed E-state index contributed by atoms with van der Waals surface area (Å²) in [6, 6.07) is 19.8. The van der Waals surface area contributed by atoms with Crippen molar-refractivity contribution in [3.63, 3.8) is 0 Å². The number of hydrogen-bond donors (Lipinski definition) is 0. The van der Waals surface area contributed by atoms with Crippen molar-refractivity contribution in [2.24, 2.45) is 9.98 Å². The molecular formula is C26H30N2O6. The second kappa shape index (κ2) is 9.11. The van der Waals surface area contributed by atoms with Crippen LogP contribution in [0, 0.1) is 0 Å². The van der Waals surface area contributed by atoms with Crippen LogP contribution in [0.4, 0.5) is 0 Å². The van der Waals surface area contributed by atoms with Crippen molar-refractivity contribution in [2.75, 3.05) is 27.4 Å². The van der Waals surface area contributed by atoms with E-state index in [1.54, 1.807) is 28.1 Å². The van der Waals surface area contributed by atoms with E-state index < -0.39 is 23.8 Å². The van der Waals surface area contributed by atoms with Crippen LogP contribution in [-0.4, -0.2) is 63.0 Å². The van der Waals surface area contributed by atoms with Gasteiger partial charge in [-0.1, -0.05) is 60.7 Å². The molecule has 3 aliphatic heterocycles. The van der Waals surface area contributed by atoms with Crippen LogP contribution in [0.3, 0.4) is 0 Å². The predicted octanol–water partition coefficient (Wildman–Crippen LogP) is 3.84. The largest absolute Gasteiger partial charge is 0.476 e. The van der Waals surface area contributed by atoms with Crippen LogP contribution in [0.5, 0.6) is 0 Å². The summed E-state index contributed by atoms with van der Waals surface area (Å²) >= 11 is 0. The Morgan fingerprint density at radius 3 is 1.41 bits per heavy atom. The van der Waals surface area contributed by atoms with Crippen LogP contribution in [0.2, 0.25) is 0 Å². The quantitative estimate of drug-likeness (QED) is 0.644. The molecule has 0 amide bonds. The lowest BCUT2D eigenvalue weighted by Gasteiger charge is -2.51. The summed E-state index contributed by atoms with van der Waals surface area (Å²) in [5.74, 6) is -1.60. The van der Waals surface area contributed by atoms with Crippen molar-refractivity contribution >= 4 is 11.8 Å². The smallest absolute Gasteiger partial charge is 0.221 e. The second-order valence-electron chi connectivity index (χ2n) is 8.79. The van der Waals surface area contributed by atoms with Crippen LogP contribution in [0.15, 0.2) is 70.6 Å². The molecule has 0 bridgehead atoms. The third-order valence-electron chi connectivity index (χ3n) is 6.78. The van der Waals surface area contributed by atoms with Crippen molar-refractivity contribution in [3.8, 4) is 0 Å². The van der Waals surface area contributed by atoms with Crippen molar-refractivity contribution < 1.29 is 28.4 Å². The lowest BCUT2D eigenvalue weighted by molar-refractivity contribution is -0.433. The predicted molar refractivity (Wildman–Crippen MR) is 126 cm³/mol. The molecule has 180 valence electrons. The molecule has 3 aliphatic rings. The number of hydrogen-bond acceptors (Lipinski definition) is 8. The molecule has 0 spiro atoms. The van der Waals surface area contributed by atoms with Crippen LogP contribution < -0.4 is 0 Å². The highest BCUT2D eigenvalue weighted by Gasteiger charge is 2.60. The topological polar surface area (TPSA) is 80.1 Å². The summed E-state index contributed by atoms with van der Waals surface area (Å²) in [5, 5.41) is 0. The highest BCUT2D eigenvalue weighted by atomic mass is 16.8. The Hall–Kier alpha value is -2.78. The number of rotatable bonds is 6. The molecule has 3 heterocycles. The zero-order valence-electron chi connectivity index (χ0n) is 19.8. The number of methoxy groups -OCH3 is 2. The highest BCUT2D eigenvalue weighted by molar-refractivity contribution is 5.93. The molecule has 8 nitrogen and oxygen atoms in total. The van der Waals surface area contributed by atoms with Crippen molar-refractivity contribution in [1.29, 1.82) is 0 Å². The van der Waals surface area contributed by atoms with E-state index in [0.717, 1.165) is 11.1 Å². The Kier molecular flexibility index (Phi) is 6.16. The minimum Gasteiger partial charge on any atom is -0.476 e. The summed E-state index contributed by atoms with van der Waals surface area (Å²) in [4.78, 5) is 9.67. The Bertz CT molecular complexity index is 976. The fourth-order valence-electron chi connectivity index (χ4n) is 4.44. The Morgan fingerprint density at radius 2 is 1.06 bits per heavy atom. The van der Waals surface area contributed by atoms with E-state index in [2.05, 4.69) is 0 Å². The van der Waals surface area contributed by atoms with Crippen LogP contribution in [0.1, 0.15) is 37.1 Å². The summed E-state index contributed by atoms with van der Waals surface area (Å²) in [7, 11) is 3.11. The van der Waals surface area contributed by atoms with Gasteiger partial charge in [0.25, 0.3) is 0 Å². The van der Waals surface area contributed by atoms with Gasteiger partial charge in [-0.15, -0.1) is 0 Å². The van der Waals surface area contributed by atoms with Gasteiger partial charge in [-0.05, 0) is 25.0 Å². The molecule has 0 aliphatic carbocycles. The molecule has 0 N–H and O–H groups in total. The normalized spacial score (nSPS) is 35.3. The van der Waals surface area contributed by atoms with E-state index in [1.807, 2.05) is 60.7 Å². The monoisotopic (exact) mass is 466 g/mol. The average Bonchev–Trinajstić information content (AvgIpc) is 3.57. The maximum absolute atomic E-state index is 6.47. The first-order chi connectivity index (χ1) is 16.5. The first-order valence-electron chi connectivity index (χ1n) is 11.4. The first kappa shape index (κ1) is 23.0.